The first kappa shape index (κ1) is 21.8. The highest BCUT2D eigenvalue weighted by Crippen LogP contribution is 2.37. The van der Waals surface area contributed by atoms with Crippen LogP contribution >= 0.6 is 7.60 Å². The lowest BCUT2D eigenvalue weighted by Crippen LogP contribution is -2.25. The van der Waals surface area contributed by atoms with E-state index >= 15 is 0 Å². The lowest BCUT2D eigenvalue weighted by atomic mass is 10.1. The van der Waals surface area contributed by atoms with Crippen molar-refractivity contribution < 1.29 is 27.9 Å². The van der Waals surface area contributed by atoms with Gasteiger partial charge in [-0.15, -0.1) is 0 Å². The minimum atomic E-state index is -3.69. The zero-order chi connectivity index (χ0) is 22.9. The third-order valence-corrected chi connectivity index (χ3v) is 5.20. The van der Waals surface area contributed by atoms with Gasteiger partial charge < -0.3 is 19.5 Å². The summed E-state index contributed by atoms with van der Waals surface area (Å²) >= 11 is 0. The topological polar surface area (TPSA) is 145 Å². The van der Waals surface area contributed by atoms with E-state index in [4.69, 9.17) is 9.26 Å². The molecule has 0 spiro atoms. The van der Waals surface area contributed by atoms with Crippen LogP contribution in [-0.2, 0) is 20.9 Å². The maximum atomic E-state index is 14.8. The molecule has 0 radical (unpaired) electrons. The fourth-order valence-electron chi connectivity index (χ4n) is 3.02. The summed E-state index contributed by atoms with van der Waals surface area (Å²) in [7, 11) is -2.02. The minimum absolute atomic E-state index is 0.0659. The number of rotatable bonds is 7. The maximum absolute atomic E-state index is 14.8. The molecular formula is C18H19FN7O5P. The number of carbonyl (C=O) groups is 1. The predicted octanol–water partition coefficient (Wildman–Crippen LogP) is 2.31. The predicted molar refractivity (Wildman–Crippen MR) is 111 cm³/mol. The van der Waals surface area contributed by atoms with Gasteiger partial charge in [0.05, 0.1) is 18.8 Å². The van der Waals surface area contributed by atoms with Crippen molar-refractivity contribution in [2.75, 3.05) is 30.0 Å². The van der Waals surface area contributed by atoms with Crippen molar-refractivity contribution in [1.29, 1.82) is 0 Å². The van der Waals surface area contributed by atoms with E-state index in [9.17, 15) is 18.6 Å². The van der Waals surface area contributed by atoms with E-state index in [1.54, 1.807) is 25.2 Å². The van der Waals surface area contributed by atoms with E-state index in [0.717, 1.165) is 6.66 Å². The number of anilines is 3. The van der Waals surface area contributed by atoms with Crippen LogP contribution < -0.4 is 10.2 Å². The molecule has 0 saturated carbocycles. The van der Waals surface area contributed by atoms with Crippen molar-refractivity contribution in [3.05, 3.63) is 42.3 Å². The van der Waals surface area contributed by atoms with Crippen molar-refractivity contribution >= 4 is 31.1 Å². The lowest BCUT2D eigenvalue weighted by Gasteiger charge is -2.15. The van der Waals surface area contributed by atoms with Crippen molar-refractivity contribution in [3.8, 4) is 11.1 Å². The summed E-state index contributed by atoms with van der Waals surface area (Å²) in [6, 6.07) is 7.68. The molecule has 1 unspecified atom stereocenters. The number of hydrogen-bond donors (Lipinski definition) is 2. The molecule has 168 valence electrons. The van der Waals surface area contributed by atoms with Crippen LogP contribution in [0, 0.1) is 5.82 Å². The molecule has 1 aromatic carbocycles. The second-order valence-corrected chi connectivity index (χ2v) is 8.93. The van der Waals surface area contributed by atoms with E-state index in [2.05, 4.69) is 25.8 Å². The average molecular weight is 463 g/mol. The Morgan fingerprint density at radius 2 is 2.19 bits per heavy atom. The molecule has 0 aliphatic carbocycles. The number of carbonyl (C=O) groups excluding carboxylic acids is 1. The molecule has 2 N–H and O–H groups in total. The van der Waals surface area contributed by atoms with Crippen LogP contribution in [0.4, 0.5) is 26.6 Å². The zero-order valence-corrected chi connectivity index (χ0v) is 17.9. The standard InChI is InChI=1S/C18H19FN7O5P/c1-25-17(22-23-24-25)21-16-6-3-11(8-20-16)14-5-4-12(7-15(14)19)26-9-13(31-18(26)27)10-30-32(2,28)29/h3-8,13H,9-10H2,1-2H3,(H,28,29)(H,20,21,22,24)/t13-/m1/s1. The zero-order valence-electron chi connectivity index (χ0n) is 17.0. The average Bonchev–Trinajstić information content (AvgIpc) is 3.32. The van der Waals surface area contributed by atoms with Gasteiger partial charge in [0, 0.05) is 31.0 Å². The molecule has 4 rings (SSSR count). The first-order chi connectivity index (χ1) is 15.2. The Kier molecular flexibility index (Phi) is 5.87. The number of aryl methyl sites for hydroxylation is 1. The molecule has 2 atom stereocenters. The van der Waals surface area contributed by atoms with Crippen LogP contribution in [0.3, 0.4) is 0 Å². The van der Waals surface area contributed by atoms with Gasteiger partial charge in [-0.2, -0.15) is 0 Å². The van der Waals surface area contributed by atoms with E-state index in [0.29, 0.717) is 28.6 Å². The smallest absolute Gasteiger partial charge is 0.414 e. The molecule has 1 fully saturated rings. The summed E-state index contributed by atoms with van der Waals surface area (Å²) < 4.78 is 37.4. The number of cyclic esters (lactones) is 1. The number of nitrogens with one attached hydrogen (secondary N) is 1. The highest BCUT2D eigenvalue weighted by molar-refractivity contribution is 7.51. The Morgan fingerprint density at radius 3 is 2.81 bits per heavy atom. The van der Waals surface area contributed by atoms with Gasteiger partial charge in [0.2, 0.25) is 5.95 Å². The first-order valence-electron chi connectivity index (χ1n) is 9.38. The summed E-state index contributed by atoms with van der Waals surface area (Å²) in [5, 5.41) is 14.0. The molecule has 12 nitrogen and oxygen atoms in total. The van der Waals surface area contributed by atoms with Crippen LogP contribution in [0.15, 0.2) is 36.5 Å². The van der Waals surface area contributed by atoms with Gasteiger partial charge in [0.25, 0.3) is 0 Å². The van der Waals surface area contributed by atoms with E-state index in [-0.39, 0.29) is 13.2 Å². The third-order valence-electron chi connectivity index (χ3n) is 4.57. The van der Waals surface area contributed by atoms with Gasteiger partial charge in [-0.3, -0.25) is 9.46 Å². The van der Waals surface area contributed by atoms with E-state index in [1.165, 1.54) is 27.9 Å². The Balaban J connectivity index is 1.46. The van der Waals surface area contributed by atoms with Gasteiger partial charge in [0.15, 0.2) is 0 Å². The second-order valence-electron chi connectivity index (χ2n) is 7.06. The molecule has 14 heteroatoms. The maximum Gasteiger partial charge on any atom is 0.414 e. The SMILES string of the molecule is Cn1nnnc1Nc1ccc(-c2ccc(N3C[C@H](COP(C)(=O)O)OC3=O)cc2F)cn1. The Morgan fingerprint density at radius 1 is 1.38 bits per heavy atom. The molecule has 2 aromatic heterocycles. The number of benzene rings is 1. The molecule has 1 amide bonds. The van der Waals surface area contributed by atoms with Crippen LogP contribution in [0.1, 0.15) is 0 Å². The normalized spacial score (nSPS) is 17.8. The van der Waals surface area contributed by atoms with Crippen molar-refractivity contribution in [1.82, 2.24) is 25.2 Å². The molecular weight excluding hydrogens is 444 g/mol. The Labute approximate surface area is 181 Å². The molecule has 32 heavy (non-hydrogen) atoms. The largest absolute Gasteiger partial charge is 0.441 e. The van der Waals surface area contributed by atoms with E-state index in [1.807, 2.05) is 0 Å². The first-order valence-corrected chi connectivity index (χ1v) is 11.4. The van der Waals surface area contributed by atoms with Gasteiger partial charge in [-0.05, 0) is 40.8 Å². The molecule has 1 saturated heterocycles. The number of aromatic nitrogens is 5. The fourth-order valence-corrected chi connectivity index (χ4v) is 3.47. The molecule has 3 heterocycles. The highest BCUT2D eigenvalue weighted by atomic mass is 31.2. The summed E-state index contributed by atoms with van der Waals surface area (Å²) in [6.45, 7) is 0.875. The number of ether oxygens (including phenoxy) is 1. The number of nitrogens with zero attached hydrogens (tertiary/aromatic N) is 6. The summed E-state index contributed by atoms with van der Waals surface area (Å²) in [6.07, 6.45) is 0.0728. The second kappa shape index (κ2) is 8.61. The van der Waals surface area contributed by atoms with E-state index < -0.39 is 25.6 Å². The molecule has 0 bridgehead atoms. The molecule has 1 aliphatic heterocycles. The van der Waals surface area contributed by atoms with Gasteiger partial charge in [-0.1, -0.05) is 5.10 Å². The third kappa shape index (κ3) is 4.90. The summed E-state index contributed by atoms with van der Waals surface area (Å²) in [5.41, 5.74) is 1.13. The lowest BCUT2D eigenvalue weighted by molar-refractivity contribution is 0.100. The monoisotopic (exact) mass is 463 g/mol. The van der Waals surface area contributed by atoms with Crippen LogP contribution in [-0.4, -0.2) is 62.1 Å². The Hall–Kier alpha value is -3.41. The van der Waals surface area contributed by atoms with Crippen LogP contribution in [0.5, 0.6) is 0 Å². The Bertz CT molecular complexity index is 1180. The van der Waals surface area contributed by atoms with Crippen LogP contribution in [0.25, 0.3) is 11.1 Å². The summed E-state index contributed by atoms with van der Waals surface area (Å²) in [5.74, 6) is 0.336. The van der Waals surface area contributed by atoms with Crippen molar-refractivity contribution in [2.45, 2.75) is 6.10 Å². The van der Waals surface area contributed by atoms with Gasteiger partial charge in [-0.25, -0.2) is 18.9 Å². The molecule has 3 aromatic rings. The number of pyridine rings is 1. The summed E-state index contributed by atoms with van der Waals surface area (Å²) in [4.78, 5) is 26.8. The number of halogens is 1. The van der Waals surface area contributed by atoms with Gasteiger partial charge >= 0.3 is 13.7 Å². The number of hydrogen-bond acceptors (Lipinski definition) is 9. The minimum Gasteiger partial charge on any atom is -0.441 e. The van der Waals surface area contributed by atoms with Gasteiger partial charge in [0.1, 0.15) is 17.7 Å². The quantitative estimate of drug-likeness (QED) is 0.501. The fraction of sp³-hybridized carbons (Fsp3) is 0.278. The number of tetrazole rings is 1. The highest BCUT2D eigenvalue weighted by Gasteiger charge is 2.34. The van der Waals surface area contributed by atoms with Crippen molar-refractivity contribution in [2.24, 2.45) is 7.05 Å². The van der Waals surface area contributed by atoms with Crippen molar-refractivity contribution in [3.63, 3.8) is 0 Å². The molecule has 1 aliphatic rings. The van der Waals surface area contributed by atoms with Crippen LogP contribution in [0.2, 0.25) is 0 Å². The number of amides is 1.